The van der Waals surface area contributed by atoms with E-state index in [0.717, 1.165) is 16.5 Å². The number of carbonyl (C=O) groups excluding carboxylic acids is 1. The fraction of sp³-hybridized carbons (Fsp3) is 0.357. The second kappa shape index (κ2) is 4.05. The fourth-order valence-corrected chi connectivity index (χ4v) is 2.49. The van der Waals surface area contributed by atoms with E-state index in [2.05, 4.69) is 4.98 Å². The number of nitrogens with one attached hydrogen (secondary N) is 1. The van der Waals surface area contributed by atoms with Gasteiger partial charge in [0, 0.05) is 30.1 Å². The Kier molecular flexibility index (Phi) is 2.59. The summed E-state index contributed by atoms with van der Waals surface area (Å²) in [5.41, 5.74) is 2.35. The molecule has 2 aromatic rings. The number of halogens is 2. The van der Waals surface area contributed by atoms with Crippen LogP contribution in [0.2, 0.25) is 0 Å². The third-order valence-electron chi connectivity index (χ3n) is 3.52. The van der Waals surface area contributed by atoms with Crippen LogP contribution in [-0.2, 0) is 0 Å². The highest BCUT2D eigenvalue weighted by Gasteiger charge is 2.40. The quantitative estimate of drug-likeness (QED) is 0.844. The summed E-state index contributed by atoms with van der Waals surface area (Å²) in [6.45, 7) is 1.57. The van der Waals surface area contributed by atoms with Gasteiger partial charge in [-0.25, -0.2) is 8.78 Å². The van der Waals surface area contributed by atoms with E-state index in [1.807, 2.05) is 25.1 Å². The van der Waals surface area contributed by atoms with Crippen LogP contribution in [0, 0.1) is 6.92 Å². The van der Waals surface area contributed by atoms with Crippen LogP contribution in [0.4, 0.5) is 8.78 Å². The molecule has 1 aliphatic heterocycles. The largest absolute Gasteiger partial charge is 0.360 e. The van der Waals surface area contributed by atoms with Crippen molar-refractivity contribution in [3.05, 3.63) is 35.5 Å². The van der Waals surface area contributed by atoms with Gasteiger partial charge in [0.2, 0.25) is 0 Å². The molecule has 1 saturated heterocycles. The van der Waals surface area contributed by atoms with Gasteiger partial charge in [-0.15, -0.1) is 0 Å². The topological polar surface area (TPSA) is 36.1 Å². The summed E-state index contributed by atoms with van der Waals surface area (Å²) in [6, 6.07) is 5.73. The number of likely N-dealkylation sites (tertiary alicyclic amines) is 1. The molecule has 0 saturated carbocycles. The number of H-pyrrole nitrogens is 1. The first-order chi connectivity index (χ1) is 8.96. The first kappa shape index (κ1) is 12.1. The van der Waals surface area contributed by atoms with E-state index in [-0.39, 0.29) is 18.9 Å². The van der Waals surface area contributed by atoms with Crippen LogP contribution in [0.5, 0.6) is 0 Å². The minimum atomic E-state index is -2.75. The van der Waals surface area contributed by atoms with Gasteiger partial charge in [0.1, 0.15) is 0 Å². The van der Waals surface area contributed by atoms with E-state index < -0.39 is 12.5 Å². The molecule has 1 amide bonds. The molecule has 0 unspecified atom stereocenters. The summed E-state index contributed by atoms with van der Waals surface area (Å²) in [4.78, 5) is 16.5. The minimum absolute atomic E-state index is 0.115. The van der Waals surface area contributed by atoms with Crippen molar-refractivity contribution in [2.45, 2.75) is 19.3 Å². The summed E-state index contributed by atoms with van der Waals surface area (Å²) in [6.07, 6.45) is 1.35. The van der Waals surface area contributed by atoms with Crippen molar-refractivity contribution in [2.75, 3.05) is 13.1 Å². The van der Waals surface area contributed by atoms with Crippen LogP contribution in [0.25, 0.3) is 10.9 Å². The number of amides is 1. The summed E-state index contributed by atoms with van der Waals surface area (Å²) in [7, 11) is 0. The molecule has 2 heterocycles. The van der Waals surface area contributed by atoms with E-state index in [4.69, 9.17) is 0 Å². The third kappa shape index (κ3) is 2.09. The average Bonchev–Trinajstić information content (AvgIpc) is 2.91. The van der Waals surface area contributed by atoms with Gasteiger partial charge in [-0.1, -0.05) is 11.6 Å². The predicted molar refractivity (Wildman–Crippen MR) is 68.5 cm³/mol. The van der Waals surface area contributed by atoms with Gasteiger partial charge in [-0.3, -0.25) is 4.79 Å². The van der Waals surface area contributed by atoms with Crippen molar-refractivity contribution in [3.63, 3.8) is 0 Å². The second-order valence-corrected chi connectivity index (χ2v) is 5.08. The van der Waals surface area contributed by atoms with E-state index in [1.54, 1.807) is 6.20 Å². The summed E-state index contributed by atoms with van der Waals surface area (Å²) in [5, 5.41) is 0.792. The molecule has 5 heteroatoms. The lowest BCUT2D eigenvalue weighted by Crippen LogP contribution is -2.31. The van der Waals surface area contributed by atoms with Crippen molar-refractivity contribution in [3.8, 4) is 0 Å². The van der Waals surface area contributed by atoms with Crippen molar-refractivity contribution < 1.29 is 13.6 Å². The van der Waals surface area contributed by atoms with Gasteiger partial charge in [0.25, 0.3) is 11.8 Å². The molecule has 1 aromatic carbocycles. The van der Waals surface area contributed by atoms with Gasteiger partial charge >= 0.3 is 0 Å². The number of nitrogens with zero attached hydrogens (tertiary/aromatic N) is 1. The minimum Gasteiger partial charge on any atom is -0.360 e. The van der Waals surface area contributed by atoms with Crippen LogP contribution in [0.1, 0.15) is 22.3 Å². The zero-order valence-electron chi connectivity index (χ0n) is 10.5. The number of hydrogen-bond donors (Lipinski definition) is 1. The zero-order chi connectivity index (χ0) is 13.6. The molecule has 0 spiro atoms. The number of alkyl halides is 2. The van der Waals surface area contributed by atoms with E-state index in [1.165, 1.54) is 4.90 Å². The molecule has 3 nitrogen and oxygen atoms in total. The van der Waals surface area contributed by atoms with E-state index >= 15 is 0 Å². The van der Waals surface area contributed by atoms with Crippen LogP contribution >= 0.6 is 0 Å². The average molecular weight is 264 g/mol. The van der Waals surface area contributed by atoms with Crippen molar-refractivity contribution >= 4 is 16.8 Å². The molecule has 1 N–H and O–H groups in total. The molecule has 0 atom stereocenters. The standard InChI is InChI=1S/C14H14F2N2O/c1-9-2-3-12-10(6-9)11(7-17-12)13(19)18-5-4-14(15,16)8-18/h2-3,6-7,17H,4-5,8H2,1H3. The number of aromatic nitrogens is 1. The predicted octanol–water partition coefficient (Wildman–Crippen LogP) is 2.96. The number of aryl methyl sites for hydroxylation is 1. The molecule has 19 heavy (non-hydrogen) atoms. The number of benzene rings is 1. The van der Waals surface area contributed by atoms with Crippen LogP contribution < -0.4 is 0 Å². The molecule has 0 radical (unpaired) electrons. The highest BCUT2D eigenvalue weighted by Crippen LogP contribution is 2.29. The first-order valence-electron chi connectivity index (χ1n) is 6.21. The number of rotatable bonds is 1. The third-order valence-corrected chi connectivity index (χ3v) is 3.52. The lowest BCUT2D eigenvalue weighted by molar-refractivity contribution is 0.0120. The maximum absolute atomic E-state index is 13.2. The molecular weight excluding hydrogens is 250 g/mol. The van der Waals surface area contributed by atoms with E-state index in [9.17, 15) is 13.6 Å². The Bertz CT molecular complexity index is 648. The molecular formula is C14H14F2N2O. The van der Waals surface area contributed by atoms with Gasteiger partial charge in [-0.2, -0.15) is 0 Å². The van der Waals surface area contributed by atoms with Crippen molar-refractivity contribution in [1.82, 2.24) is 9.88 Å². The van der Waals surface area contributed by atoms with Crippen molar-refractivity contribution in [1.29, 1.82) is 0 Å². The van der Waals surface area contributed by atoms with Crippen molar-refractivity contribution in [2.24, 2.45) is 0 Å². The summed E-state index contributed by atoms with van der Waals surface area (Å²) < 4.78 is 26.3. The molecule has 0 bridgehead atoms. The van der Waals surface area contributed by atoms with Crippen LogP contribution in [-0.4, -0.2) is 34.8 Å². The molecule has 3 rings (SSSR count). The van der Waals surface area contributed by atoms with Crippen LogP contribution in [0.15, 0.2) is 24.4 Å². The maximum atomic E-state index is 13.2. The van der Waals surface area contributed by atoms with Gasteiger partial charge in [-0.05, 0) is 19.1 Å². The Morgan fingerprint density at radius 1 is 1.42 bits per heavy atom. The summed E-state index contributed by atoms with van der Waals surface area (Å²) >= 11 is 0. The Hall–Kier alpha value is -1.91. The highest BCUT2D eigenvalue weighted by atomic mass is 19.3. The SMILES string of the molecule is Cc1ccc2[nH]cc(C(=O)N3CCC(F)(F)C3)c2c1. The first-order valence-corrected chi connectivity index (χ1v) is 6.21. The molecule has 100 valence electrons. The van der Waals surface area contributed by atoms with Gasteiger partial charge < -0.3 is 9.88 Å². The van der Waals surface area contributed by atoms with E-state index in [0.29, 0.717) is 5.56 Å². The summed E-state index contributed by atoms with van der Waals surface area (Å²) in [5.74, 6) is -3.08. The highest BCUT2D eigenvalue weighted by molar-refractivity contribution is 6.07. The normalized spacial score (nSPS) is 18.2. The Balaban J connectivity index is 1.96. The Labute approximate surface area is 109 Å². The Morgan fingerprint density at radius 2 is 2.21 bits per heavy atom. The second-order valence-electron chi connectivity index (χ2n) is 5.08. The zero-order valence-corrected chi connectivity index (χ0v) is 10.5. The monoisotopic (exact) mass is 264 g/mol. The number of fused-ring (bicyclic) bond motifs is 1. The smallest absolute Gasteiger partial charge is 0.267 e. The molecule has 1 fully saturated rings. The maximum Gasteiger partial charge on any atom is 0.267 e. The number of aromatic amines is 1. The number of hydrogen-bond acceptors (Lipinski definition) is 1. The Morgan fingerprint density at radius 3 is 2.89 bits per heavy atom. The lowest BCUT2D eigenvalue weighted by atomic mass is 10.1. The fourth-order valence-electron chi connectivity index (χ4n) is 2.49. The molecule has 1 aromatic heterocycles. The number of carbonyl (C=O) groups is 1. The van der Waals surface area contributed by atoms with Crippen LogP contribution in [0.3, 0.4) is 0 Å². The lowest BCUT2D eigenvalue weighted by Gasteiger charge is -2.15. The molecule has 0 aliphatic carbocycles. The van der Waals surface area contributed by atoms with Gasteiger partial charge in [0.15, 0.2) is 0 Å². The molecule has 1 aliphatic rings. The van der Waals surface area contributed by atoms with Gasteiger partial charge in [0.05, 0.1) is 12.1 Å².